The van der Waals surface area contributed by atoms with Crippen LogP contribution in [0.4, 0.5) is 0 Å². The lowest BCUT2D eigenvalue weighted by molar-refractivity contribution is 0.0937. The van der Waals surface area contributed by atoms with Gasteiger partial charge < -0.3 is 16.4 Å². The second-order valence-corrected chi connectivity index (χ2v) is 7.45. The van der Waals surface area contributed by atoms with Crippen LogP contribution in [-0.4, -0.2) is 27.6 Å². The van der Waals surface area contributed by atoms with E-state index in [1.165, 1.54) is 0 Å². The molecule has 0 atom stereocenters. The highest BCUT2D eigenvalue weighted by molar-refractivity contribution is 5.94. The van der Waals surface area contributed by atoms with E-state index in [9.17, 15) is 9.59 Å². The summed E-state index contributed by atoms with van der Waals surface area (Å²) in [5.74, 6) is -0.267. The summed E-state index contributed by atoms with van der Waals surface area (Å²) >= 11 is 0. The van der Waals surface area contributed by atoms with E-state index in [4.69, 9.17) is 5.73 Å². The van der Waals surface area contributed by atoms with Gasteiger partial charge in [-0.1, -0.05) is 36.4 Å². The van der Waals surface area contributed by atoms with Gasteiger partial charge in [0.25, 0.3) is 11.8 Å². The quantitative estimate of drug-likeness (QED) is 0.536. The number of benzene rings is 2. The van der Waals surface area contributed by atoms with Gasteiger partial charge in [-0.3, -0.25) is 14.3 Å². The third kappa shape index (κ3) is 5.78. The molecule has 0 spiro atoms. The molecule has 0 aliphatic rings. The molecule has 3 rings (SSSR count). The number of nitrogens with zero attached hydrogens (tertiary/aromatic N) is 2. The van der Waals surface area contributed by atoms with Crippen LogP contribution < -0.4 is 16.4 Å². The Bertz CT molecular complexity index is 991. The van der Waals surface area contributed by atoms with Crippen molar-refractivity contribution in [2.75, 3.05) is 0 Å². The number of nitrogens with two attached hydrogens (primary N) is 1. The van der Waals surface area contributed by atoms with E-state index in [0.29, 0.717) is 30.8 Å². The zero-order valence-electron chi connectivity index (χ0n) is 17.3. The van der Waals surface area contributed by atoms with Crippen LogP contribution in [0.15, 0.2) is 60.9 Å². The molecule has 7 nitrogen and oxygen atoms in total. The molecular weight excluding hydrogens is 378 g/mol. The van der Waals surface area contributed by atoms with Gasteiger partial charge in [-0.2, -0.15) is 5.10 Å². The average Bonchev–Trinajstić information content (AvgIpc) is 3.21. The minimum Gasteiger partial charge on any atom is -0.350 e. The highest BCUT2D eigenvalue weighted by Gasteiger charge is 2.10. The van der Waals surface area contributed by atoms with E-state index in [2.05, 4.69) is 15.7 Å². The lowest BCUT2D eigenvalue weighted by Gasteiger charge is -2.09. The van der Waals surface area contributed by atoms with Crippen LogP contribution in [0, 0.1) is 0 Å². The number of carbonyl (C=O) groups is 2. The van der Waals surface area contributed by atoms with E-state index in [0.717, 1.165) is 16.7 Å². The molecule has 0 radical (unpaired) electrons. The van der Waals surface area contributed by atoms with Crippen LogP contribution in [-0.2, 0) is 19.6 Å². The first kappa shape index (κ1) is 21.3. The van der Waals surface area contributed by atoms with E-state index >= 15 is 0 Å². The summed E-state index contributed by atoms with van der Waals surface area (Å²) < 4.78 is 1.70. The molecule has 0 aliphatic heterocycles. The fourth-order valence-electron chi connectivity index (χ4n) is 2.94. The van der Waals surface area contributed by atoms with Gasteiger partial charge in [0.05, 0.1) is 18.3 Å². The van der Waals surface area contributed by atoms with Gasteiger partial charge in [-0.15, -0.1) is 0 Å². The lowest BCUT2D eigenvalue weighted by Crippen LogP contribution is -2.29. The zero-order valence-corrected chi connectivity index (χ0v) is 17.3. The van der Waals surface area contributed by atoms with E-state index in [1.54, 1.807) is 29.2 Å². The molecule has 0 saturated carbocycles. The van der Waals surface area contributed by atoms with Crippen molar-refractivity contribution >= 4 is 11.8 Å². The maximum atomic E-state index is 12.4. The molecule has 4 N–H and O–H groups in total. The van der Waals surface area contributed by atoms with E-state index < -0.39 is 0 Å². The van der Waals surface area contributed by atoms with Crippen LogP contribution in [0.1, 0.15) is 51.3 Å². The van der Waals surface area contributed by atoms with Crippen molar-refractivity contribution < 1.29 is 9.59 Å². The molecule has 3 aromatic rings. The molecule has 7 heteroatoms. The Hall–Kier alpha value is -3.45. The lowest BCUT2D eigenvalue weighted by atomic mass is 10.1. The van der Waals surface area contributed by atoms with Gasteiger partial charge in [0.15, 0.2) is 0 Å². The molecular formula is C23H27N5O2. The molecule has 0 fully saturated rings. The minimum absolute atomic E-state index is 0.0905. The summed E-state index contributed by atoms with van der Waals surface area (Å²) in [7, 11) is 0. The molecule has 0 saturated heterocycles. The van der Waals surface area contributed by atoms with Gasteiger partial charge in [0, 0.05) is 30.9 Å². The van der Waals surface area contributed by atoms with Crippen LogP contribution >= 0.6 is 0 Å². The summed E-state index contributed by atoms with van der Waals surface area (Å²) in [6.07, 6.45) is 3.27. The normalized spacial score (nSPS) is 10.8. The van der Waals surface area contributed by atoms with E-state index in [1.807, 2.05) is 50.2 Å². The Morgan fingerprint density at radius 3 is 2.20 bits per heavy atom. The number of hydrogen-bond acceptors (Lipinski definition) is 4. The molecule has 1 aromatic heterocycles. The van der Waals surface area contributed by atoms with Crippen molar-refractivity contribution in [3.05, 3.63) is 88.7 Å². The van der Waals surface area contributed by atoms with Crippen LogP contribution in [0.2, 0.25) is 0 Å². The molecule has 30 heavy (non-hydrogen) atoms. The van der Waals surface area contributed by atoms with Gasteiger partial charge >= 0.3 is 0 Å². The second-order valence-electron chi connectivity index (χ2n) is 7.45. The number of hydrogen-bond donors (Lipinski definition) is 3. The Balaban J connectivity index is 1.55. The number of aromatic nitrogens is 2. The van der Waals surface area contributed by atoms with Crippen LogP contribution in [0.5, 0.6) is 0 Å². The Morgan fingerprint density at radius 2 is 1.57 bits per heavy atom. The highest BCUT2D eigenvalue weighted by atomic mass is 16.2. The molecule has 0 unspecified atom stereocenters. The Labute approximate surface area is 176 Å². The molecule has 2 aromatic carbocycles. The monoisotopic (exact) mass is 405 g/mol. The SMILES string of the molecule is CC(C)NC(=O)c1ccc(Cn2cc(C(=O)NCc3ccc(CN)cc3)cn2)cc1. The standard InChI is InChI=1S/C23H27N5O2/c1-16(2)27-23(30)20-9-7-19(8-10-20)14-28-15-21(13-26-28)22(29)25-12-18-5-3-17(11-24)4-6-18/h3-10,13,15-16H,11-12,14,24H2,1-2H3,(H,25,29)(H,27,30). The van der Waals surface area contributed by atoms with E-state index in [-0.39, 0.29) is 17.9 Å². The van der Waals surface area contributed by atoms with Crippen LogP contribution in [0.3, 0.4) is 0 Å². The molecule has 2 amide bonds. The Kier molecular flexibility index (Phi) is 6.98. The van der Waals surface area contributed by atoms with Gasteiger partial charge in [0.2, 0.25) is 0 Å². The molecule has 0 aliphatic carbocycles. The van der Waals surface area contributed by atoms with Gasteiger partial charge in [-0.05, 0) is 42.7 Å². The number of carbonyl (C=O) groups excluding carboxylic acids is 2. The smallest absolute Gasteiger partial charge is 0.254 e. The third-order valence-electron chi connectivity index (χ3n) is 4.59. The molecule has 156 valence electrons. The van der Waals surface area contributed by atoms with Crippen LogP contribution in [0.25, 0.3) is 0 Å². The van der Waals surface area contributed by atoms with Gasteiger partial charge in [-0.25, -0.2) is 0 Å². The summed E-state index contributed by atoms with van der Waals surface area (Å²) in [5, 5.41) is 10.0. The van der Waals surface area contributed by atoms with Crippen molar-refractivity contribution in [1.29, 1.82) is 0 Å². The van der Waals surface area contributed by atoms with Crippen molar-refractivity contribution in [3.63, 3.8) is 0 Å². The maximum absolute atomic E-state index is 12.4. The van der Waals surface area contributed by atoms with Crippen molar-refractivity contribution in [3.8, 4) is 0 Å². The summed E-state index contributed by atoms with van der Waals surface area (Å²) in [6.45, 7) is 5.30. The fourth-order valence-corrected chi connectivity index (χ4v) is 2.94. The molecule has 1 heterocycles. The topological polar surface area (TPSA) is 102 Å². The zero-order chi connectivity index (χ0) is 21.5. The number of amides is 2. The van der Waals surface area contributed by atoms with Crippen molar-refractivity contribution in [2.24, 2.45) is 5.73 Å². The minimum atomic E-state index is -0.176. The number of nitrogens with one attached hydrogen (secondary N) is 2. The summed E-state index contributed by atoms with van der Waals surface area (Å²) in [5.41, 5.74) is 9.77. The molecule has 0 bridgehead atoms. The largest absolute Gasteiger partial charge is 0.350 e. The summed E-state index contributed by atoms with van der Waals surface area (Å²) in [6, 6.07) is 15.3. The third-order valence-corrected chi connectivity index (χ3v) is 4.59. The predicted octanol–water partition coefficient (Wildman–Crippen LogP) is 2.46. The first-order valence-corrected chi connectivity index (χ1v) is 9.93. The van der Waals surface area contributed by atoms with Crippen molar-refractivity contribution in [2.45, 2.75) is 39.5 Å². The van der Waals surface area contributed by atoms with Gasteiger partial charge in [0.1, 0.15) is 0 Å². The second kappa shape index (κ2) is 9.84. The predicted molar refractivity (Wildman–Crippen MR) is 116 cm³/mol. The first-order valence-electron chi connectivity index (χ1n) is 9.93. The maximum Gasteiger partial charge on any atom is 0.254 e. The number of rotatable bonds is 8. The fraction of sp³-hybridized carbons (Fsp3) is 0.261. The average molecular weight is 406 g/mol. The highest BCUT2D eigenvalue weighted by Crippen LogP contribution is 2.09. The first-order chi connectivity index (χ1) is 14.4. The Morgan fingerprint density at radius 1 is 0.933 bits per heavy atom. The summed E-state index contributed by atoms with van der Waals surface area (Å²) in [4.78, 5) is 24.4. The van der Waals surface area contributed by atoms with Crippen molar-refractivity contribution in [1.82, 2.24) is 20.4 Å².